The van der Waals surface area contributed by atoms with Crippen LogP contribution in [0.5, 0.6) is 0 Å². The van der Waals surface area contributed by atoms with E-state index >= 15 is 0 Å². The molecule has 3 rings (SSSR count). The lowest BCUT2D eigenvalue weighted by Crippen LogP contribution is -2.07. The summed E-state index contributed by atoms with van der Waals surface area (Å²) in [7, 11) is 0. The molecule has 0 saturated carbocycles. The summed E-state index contributed by atoms with van der Waals surface area (Å²) in [6, 6.07) is 13.1. The fourth-order valence-electron chi connectivity index (χ4n) is 2.37. The molecule has 0 spiro atoms. The Bertz CT molecular complexity index is 722. The second-order valence-corrected chi connectivity index (χ2v) is 5.18. The van der Waals surface area contributed by atoms with Crippen LogP contribution < -0.4 is 5.73 Å². The fourth-order valence-corrected chi connectivity index (χ4v) is 2.60. The lowest BCUT2D eigenvalue weighted by Gasteiger charge is -2.11. The maximum absolute atomic E-state index is 11.8. The van der Waals surface area contributed by atoms with Gasteiger partial charge in [0.15, 0.2) is 5.78 Å². The van der Waals surface area contributed by atoms with Crippen molar-refractivity contribution in [3.8, 4) is 0 Å². The molecule has 0 aliphatic carbocycles. The van der Waals surface area contributed by atoms with E-state index in [9.17, 15) is 4.79 Å². The van der Waals surface area contributed by atoms with E-state index < -0.39 is 0 Å². The number of ketones is 1. The molecule has 0 aromatic heterocycles. The molecule has 0 unspecified atom stereocenters. The van der Waals surface area contributed by atoms with Crippen molar-refractivity contribution in [3.63, 3.8) is 0 Å². The maximum atomic E-state index is 11.8. The molecule has 2 N–H and O–H groups in total. The normalized spacial score (nSPS) is 14.4. The quantitative estimate of drug-likeness (QED) is 0.819. The van der Waals surface area contributed by atoms with Crippen LogP contribution in [0.15, 0.2) is 47.5 Å². The van der Waals surface area contributed by atoms with Gasteiger partial charge in [-0.15, -0.1) is 0 Å². The number of anilines is 1. The summed E-state index contributed by atoms with van der Waals surface area (Å²) in [5.74, 6) is 0.0954. The summed E-state index contributed by atoms with van der Waals surface area (Å²) in [5.41, 5.74) is 9.93. The largest absolute Gasteiger partial charge is 0.399 e. The van der Waals surface area contributed by atoms with Crippen LogP contribution in [0.4, 0.5) is 5.69 Å². The molecule has 4 heteroatoms. The van der Waals surface area contributed by atoms with Gasteiger partial charge in [0.2, 0.25) is 0 Å². The van der Waals surface area contributed by atoms with Crippen LogP contribution >= 0.6 is 11.6 Å². The summed E-state index contributed by atoms with van der Waals surface area (Å²) in [4.78, 5) is 16.3. The molecule has 2 aromatic carbocycles. The van der Waals surface area contributed by atoms with Crippen LogP contribution in [0.2, 0.25) is 5.02 Å². The maximum Gasteiger partial charge on any atom is 0.158 e. The number of halogens is 1. The molecule has 0 amide bonds. The van der Waals surface area contributed by atoms with Gasteiger partial charge < -0.3 is 5.73 Å². The number of nitrogens with zero attached hydrogens (tertiary/aromatic N) is 1. The highest BCUT2D eigenvalue weighted by atomic mass is 35.5. The van der Waals surface area contributed by atoms with E-state index in [0.717, 1.165) is 22.4 Å². The molecule has 1 heterocycles. The summed E-state index contributed by atoms with van der Waals surface area (Å²) in [5, 5.41) is 0.619. The zero-order chi connectivity index (χ0) is 14.1. The highest BCUT2D eigenvalue weighted by molar-refractivity contribution is 6.35. The zero-order valence-electron chi connectivity index (χ0n) is 10.8. The number of carbonyl (C=O) groups excluding carboxylic acids is 1. The first-order chi connectivity index (χ1) is 9.65. The Morgan fingerprint density at radius 1 is 1.10 bits per heavy atom. The molecule has 0 fully saturated rings. The van der Waals surface area contributed by atoms with E-state index in [1.165, 1.54) is 0 Å². The number of Topliss-reactive ketones (excluding diaryl/α,β-unsaturated/α-hetero) is 1. The number of carbonyl (C=O) groups is 1. The molecular weight excluding hydrogens is 272 g/mol. The van der Waals surface area contributed by atoms with E-state index in [4.69, 9.17) is 17.3 Å². The molecule has 100 valence electrons. The van der Waals surface area contributed by atoms with Crippen molar-refractivity contribution in [2.24, 2.45) is 4.99 Å². The number of hydrogen-bond donors (Lipinski definition) is 1. The molecule has 3 nitrogen and oxygen atoms in total. The Morgan fingerprint density at radius 2 is 1.90 bits per heavy atom. The summed E-state index contributed by atoms with van der Waals surface area (Å²) in [6.45, 7) is 0.176. The molecule has 0 saturated heterocycles. The van der Waals surface area contributed by atoms with Gasteiger partial charge in [0.25, 0.3) is 0 Å². The number of hydrogen-bond acceptors (Lipinski definition) is 3. The lowest BCUT2D eigenvalue weighted by atomic mass is 9.95. The molecule has 2 aromatic rings. The van der Waals surface area contributed by atoms with Gasteiger partial charge in [-0.2, -0.15) is 0 Å². The third-order valence-corrected chi connectivity index (χ3v) is 3.65. The topological polar surface area (TPSA) is 55.4 Å². The Hall–Kier alpha value is -2.13. The first kappa shape index (κ1) is 12.9. The number of benzene rings is 2. The van der Waals surface area contributed by atoms with Crippen molar-refractivity contribution >= 4 is 28.8 Å². The molecule has 1 aliphatic rings. The van der Waals surface area contributed by atoms with E-state index in [1.807, 2.05) is 42.5 Å². The Balaban J connectivity index is 2.23. The number of fused-ring (bicyclic) bond motifs is 1. The van der Waals surface area contributed by atoms with Gasteiger partial charge >= 0.3 is 0 Å². The van der Waals surface area contributed by atoms with Gasteiger partial charge in [0.05, 0.1) is 12.3 Å². The Kier molecular flexibility index (Phi) is 3.28. The molecule has 1 aliphatic heterocycles. The van der Waals surface area contributed by atoms with E-state index in [2.05, 4.69) is 4.99 Å². The number of aliphatic imine (C=N–C) groups is 1. The van der Waals surface area contributed by atoms with Crippen LogP contribution in [0.1, 0.15) is 16.7 Å². The van der Waals surface area contributed by atoms with Crippen LogP contribution in [-0.4, -0.2) is 18.0 Å². The van der Waals surface area contributed by atoms with Crippen LogP contribution in [0.3, 0.4) is 0 Å². The molecule has 0 bridgehead atoms. The second kappa shape index (κ2) is 5.10. The van der Waals surface area contributed by atoms with Crippen LogP contribution in [0, 0.1) is 0 Å². The second-order valence-electron chi connectivity index (χ2n) is 4.78. The van der Waals surface area contributed by atoms with Crippen molar-refractivity contribution in [3.05, 3.63) is 64.2 Å². The Labute approximate surface area is 122 Å². The average Bonchev–Trinajstić information content (AvgIpc) is 2.58. The summed E-state index contributed by atoms with van der Waals surface area (Å²) in [6.07, 6.45) is 0.382. The van der Waals surface area contributed by atoms with Crippen LogP contribution in [0.25, 0.3) is 0 Å². The van der Waals surface area contributed by atoms with Gasteiger partial charge in [0, 0.05) is 28.3 Å². The molecule has 0 radical (unpaired) electrons. The first-order valence-electron chi connectivity index (χ1n) is 6.35. The standard InChI is InChI=1S/C16H13ClN2O/c17-15-4-2-1-3-13(15)16-14-8-11(18)6-5-10(14)7-12(20)9-19-16/h1-6,8H,7,9,18H2. The SMILES string of the molecule is Nc1ccc2c(c1)C(c1ccccc1Cl)=NCC(=O)C2. The third-order valence-electron chi connectivity index (χ3n) is 3.32. The van der Waals surface area contributed by atoms with Gasteiger partial charge in [-0.05, 0) is 23.8 Å². The van der Waals surface area contributed by atoms with E-state index in [0.29, 0.717) is 17.1 Å². The van der Waals surface area contributed by atoms with Crippen molar-refractivity contribution in [2.45, 2.75) is 6.42 Å². The minimum atomic E-state index is 0.0954. The van der Waals surface area contributed by atoms with E-state index in [-0.39, 0.29) is 12.3 Å². The van der Waals surface area contributed by atoms with E-state index in [1.54, 1.807) is 0 Å². The number of rotatable bonds is 1. The highest BCUT2D eigenvalue weighted by Gasteiger charge is 2.19. The molecule has 20 heavy (non-hydrogen) atoms. The predicted molar refractivity (Wildman–Crippen MR) is 81.5 cm³/mol. The molecule has 0 atom stereocenters. The average molecular weight is 285 g/mol. The third kappa shape index (κ3) is 2.32. The molecular formula is C16H13ClN2O. The minimum absolute atomic E-state index is 0.0954. The minimum Gasteiger partial charge on any atom is -0.399 e. The van der Waals surface area contributed by atoms with Gasteiger partial charge in [-0.3, -0.25) is 9.79 Å². The zero-order valence-corrected chi connectivity index (χ0v) is 11.5. The monoisotopic (exact) mass is 284 g/mol. The van der Waals surface area contributed by atoms with Gasteiger partial charge in [-0.25, -0.2) is 0 Å². The lowest BCUT2D eigenvalue weighted by molar-refractivity contribution is -0.117. The Morgan fingerprint density at radius 3 is 2.70 bits per heavy atom. The van der Waals surface area contributed by atoms with Crippen LogP contribution in [-0.2, 0) is 11.2 Å². The van der Waals surface area contributed by atoms with Crippen molar-refractivity contribution < 1.29 is 4.79 Å². The number of nitrogens with two attached hydrogens (primary N) is 1. The van der Waals surface area contributed by atoms with Gasteiger partial charge in [0.1, 0.15) is 0 Å². The summed E-state index contributed by atoms with van der Waals surface area (Å²) < 4.78 is 0. The number of nitrogen functional groups attached to an aromatic ring is 1. The first-order valence-corrected chi connectivity index (χ1v) is 6.73. The van der Waals surface area contributed by atoms with Crippen molar-refractivity contribution in [1.82, 2.24) is 0 Å². The highest BCUT2D eigenvalue weighted by Crippen LogP contribution is 2.25. The van der Waals surface area contributed by atoms with Crippen molar-refractivity contribution in [2.75, 3.05) is 12.3 Å². The summed E-state index contributed by atoms with van der Waals surface area (Å²) >= 11 is 6.26. The fraction of sp³-hybridized carbons (Fsp3) is 0.125. The smallest absolute Gasteiger partial charge is 0.158 e. The predicted octanol–water partition coefficient (Wildman–Crippen LogP) is 2.88. The van der Waals surface area contributed by atoms with Gasteiger partial charge in [-0.1, -0.05) is 35.9 Å². The van der Waals surface area contributed by atoms with Crippen molar-refractivity contribution in [1.29, 1.82) is 0 Å².